The Balaban J connectivity index is 2.30. The van der Waals surface area contributed by atoms with E-state index in [9.17, 15) is 13.6 Å². The normalized spacial score (nSPS) is 20.7. The molecule has 0 aromatic heterocycles. The molecule has 1 aliphatic rings. The quantitative estimate of drug-likeness (QED) is 0.281. The van der Waals surface area contributed by atoms with Gasteiger partial charge in [-0.05, 0) is 63.0 Å². The van der Waals surface area contributed by atoms with Gasteiger partial charge >= 0.3 is 0 Å². The highest BCUT2D eigenvalue weighted by atomic mass is 19.1. The minimum absolute atomic E-state index is 0.290. The average molecular weight is 469 g/mol. The van der Waals surface area contributed by atoms with Crippen molar-refractivity contribution in [2.24, 2.45) is 10.7 Å². The first-order valence-electron chi connectivity index (χ1n) is 11.5. The predicted octanol–water partition coefficient (Wildman–Crippen LogP) is 5.86. The summed E-state index contributed by atoms with van der Waals surface area (Å²) in [5.74, 6) is -1.94. The summed E-state index contributed by atoms with van der Waals surface area (Å²) in [6, 6.07) is 2.84. The number of nitrogens with two attached hydrogens (primary N) is 1. The van der Waals surface area contributed by atoms with Gasteiger partial charge in [-0.3, -0.25) is 9.79 Å². The fourth-order valence-electron chi connectivity index (χ4n) is 3.44. The van der Waals surface area contributed by atoms with Gasteiger partial charge in [0, 0.05) is 41.6 Å². The number of nitrogens with zero attached hydrogens (tertiary/aromatic N) is 1. The van der Waals surface area contributed by atoms with E-state index in [1.165, 1.54) is 12.1 Å². The van der Waals surface area contributed by atoms with Crippen LogP contribution in [0.2, 0.25) is 0 Å². The fourth-order valence-corrected chi connectivity index (χ4v) is 3.44. The van der Waals surface area contributed by atoms with Gasteiger partial charge in [-0.25, -0.2) is 8.78 Å². The number of allylic oxidation sites excluding steroid dienone is 5. The lowest BCUT2D eigenvalue weighted by molar-refractivity contribution is -0.114. The second-order valence-electron chi connectivity index (χ2n) is 8.38. The van der Waals surface area contributed by atoms with Crippen molar-refractivity contribution in [1.82, 2.24) is 10.6 Å². The van der Waals surface area contributed by atoms with E-state index in [0.29, 0.717) is 29.0 Å². The number of hydrogen-bond donors (Lipinski definition) is 3. The summed E-state index contributed by atoms with van der Waals surface area (Å²) in [6.07, 6.45) is 13.5. The number of halogens is 2. The van der Waals surface area contributed by atoms with Crippen molar-refractivity contribution >= 4 is 12.1 Å². The summed E-state index contributed by atoms with van der Waals surface area (Å²) in [4.78, 5) is 16.5. The predicted molar refractivity (Wildman–Crippen MR) is 135 cm³/mol. The van der Waals surface area contributed by atoms with Crippen molar-refractivity contribution < 1.29 is 13.6 Å². The number of carbonyl (C=O) groups excluding carboxylic acids is 1. The number of primary amides is 1. The molecule has 5 nitrogen and oxygen atoms in total. The van der Waals surface area contributed by atoms with Gasteiger partial charge in [-0.1, -0.05) is 38.0 Å². The molecule has 1 aliphatic carbocycles. The SMILES string of the molecule is C=C(C=N/C=C\CCCC)N/C1=C/C(NC(C)c2cc(F)cc(F)c2)=C(C(N)=O)\C=C(/C)CC1. The monoisotopic (exact) mass is 468 g/mol. The Bertz CT molecular complexity index is 1030. The van der Waals surface area contributed by atoms with Crippen LogP contribution in [-0.4, -0.2) is 12.1 Å². The molecule has 182 valence electrons. The first-order valence-corrected chi connectivity index (χ1v) is 11.5. The maximum absolute atomic E-state index is 13.7. The molecule has 2 rings (SSSR count). The van der Waals surface area contributed by atoms with Gasteiger partial charge in [-0.2, -0.15) is 0 Å². The van der Waals surface area contributed by atoms with Gasteiger partial charge in [0.2, 0.25) is 0 Å². The zero-order valence-electron chi connectivity index (χ0n) is 20.1. The Morgan fingerprint density at radius 1 is 1.24 bits per heavy atom. The minimum Gasteiger partial charge on any atom is -0.378 e. The van der Waals surface area contributed by atoms with Crippen LogP contribution >= 0.6 is 0 Å². The van der Waals surface area contributed by atoms with E-state index in [2.05, 4.69) is 29.1 Å². The second-order valence-corrected chi connectivity index (χ2v) is 8.38. The van der Waals surface area contributed by atoms with E-state index in [4.69, 9.17) is 5.73 Å². The number of rotatable bonds is 11. The van der Waals surface area contributed by atoms with E-state index >= 15 is 0 Å². The highest BCUT2D eigenvalue weighted by molar-refractivity contribution is 5.96. The van der Waals surface area contributed by atoms with Gasteiger partial charge in [0.05, 0.1) is 5.57 Å². The standard InChI is InChI=1S/C27H34F2N4O/c1-5-6-7-8-11-31-17-19(3)32-24-10-9-18(2)12-25(27(30)34)26(16-24)33-20(4)21-13-22(28)15-23(29)14-21/h8,11-17,20,32-33H,3,5-7,9-10H2,1-2,4H3,(H2,30,34)/b11-8-,18-12+,24-16+,26-25-,31-17?. The molecule has 34 heavy (non-hydrogen) atoms. The molecule has 0 heterocycles. The van der Waals surface area contributed by atoms with Crippen LogP contribution < -0.4 is 16.4 Å². The molecule has 1 atom stereocenters. The molecule has 7 heteroatoms. The largest absolute Gasteiger partial charge is 0.378 e. The van der Waals surface area contributed by atoms with Gasteiger partial charge in [-0.15, -0.1) is 0 Å². The summed E-state index contributed by atoms with van der Waals surface area (Å²) in [5.41, 5.74) is 9.19. The van der Waals surface area contributed by atoms with Gasteiger partial charge in [0.1, 0.15) is 11.6 Å². The van der Waals surface area contributed by atoms with E-state index in [1.54, 1.807) is 31.5 Å². The van der Waals surface area contributed by atoms with Crippen LogP contribution in [0.15, 0.2) is 82.4 Å². The van der Waals surface area contributed by atoms with E-state index in [0.717, 1.165) is 43.0 Å². The van der Waals surface area contributed by atoms with E-state index in [-0.39, 0.29) is 0 Å². The molecule has 1 amide bonds. The molecular weight excluding hydrogens is 434 g/mol. The number of nitrogens with one attached hydrogen (secondary N) is 2. The Kier molecular flexibility index (Phi) is 10.5. The second kappa shape index (κ2) is 13.3. The molecule has 0 spiro atoms. The number of carbonyl (C=O) groups is 1. The third-order valence-corrected chi connectivity index (χ3v) is 5.28. The topological polar surface area (TPSA) is 79.5 Å². The summed E-state index contributed by atoms with van der Waals surface area (Å²) < 4.78 is 27.4. The highest BCUT2D eigenvalue weighted by Crippen LogP contribution is 2.23. The molecule has 4 N–H and O–H groups in total. The van der Waals surface area contributed by atoms with Crippen LogP contribution in [0.4, 0.5) is 8.78 Å². The van der Waals surface area contributed by atoms with Crippen molar-refractivity contribution in [3.8, 4) is 0 Å². The van der Waals surface area contributed by atoms with Crippen LogP contribution in [0.25, 0.3) is 0 Å². The maximum Gasteiger partial charge on any atom is 0.250 e. The number of amides is 1. The van der Waals surface area contributed by atoms with Crippen molar-refractivity contribution in [3.05, 3.63) is 94.6 Å². The molecule has 0 fully saturated rings. The summed E-state index contributed by atoms with van der Waals surface area (Å²) >= 11 is 0. The summed E-state index contributed by atoms with van der Waals surface area (Å²) in [6.45, 7) is 9.82. The Morgan fingerprint density at radius 3 is 2.59 bits per heavy atom. The number of unbranched alkanes of at least 4 members (excludes halogenated alkanes) is 2. The third-order valence-electron chi connectivity index (χ3n) is 5.28. The molecule has 1 aromatic carbocycles. The lowest BCUT2D eigenvalue weighted by Crippen LogP contribution is -2.25. The van der Waals surface area contributed by atoms with Crippen LogP contribution in [0, 0.1) is 11.6 Å². The molecule has 0 radical (unpaired) electrons. The third kappa shape index (κ3) is 8.81. The van der Waals surface area contributed by atoms with Gasteiger partial charge < -0.3 is 16.4 Å². The molecular formula is C27H34F2N4O. The van der Waals surface area contributed by atoms with Crippen LogP contribution in [0.5, 0.6) is 0 Å². The molecule has 0 bridgehead atoms. The van der Waals surface area contributed by atoms with Crippen LogP contribution in [0.3, 0.4) is 0 Å². The lowest BCUT2D eigenvalue weighted by atomic mass is 9.99. The smallest absolute Gasteiger partial charge is 0.250 e. The summed E-state index contributed by atoms with van der Waals surface area (Å²) in [7, 11) is 0. The zero-order chi connectivity index (χ0) is 25.1. The molecule has 1 aromatic rings. The van der Waals surface area contributed by atoms with Gasteiger partial charge in [0.15, 0.2) is 0 Å². The molecule has 1 unspecified atom stereocenters. The molecule has 0 saturated carbocycles. The lowest BCUT2D eigenvalue weighted by Gasteiger charge is -2.22. The van der Waals surface area contributed by atoms with Crippen molar-refractivity contribution in [1.29, 1.82) is 0 Å². The minimum atomic E-state index is -0.668. The van der Waals surface area contributed by atoms with Gasteiger partial charge in [0.25, 0.3) is 5.91 Å². The highest BCUT2D eigenvalue weighted by Gasteiger charge is 2.17. The zero-order valence-corrected chi connectivity index (χ0v) is 20.1. The fraction of sp³-hybridized carbons (Fsp3) is 0.333. The van der Waals surface area contributed by atoms with Crippen LogP contribution in [0.1, 0.15) is 64.5 Å². The van der Waals surface area contributed by atoms with Crippen molar-refractivity contribution in [3.63, 3.8) is 0 Å². The first-order chi connectivity index (χ1) is 16.2. The molecule has 0 saturated heterocycles. The molecule has 0 aliphatic heterocycles. The Morgan fingerprint density at radius 2 is 1.94 bits per heavy atom. The van der Waals surface area contributed by atoms with Crippen molar-refractivity contribution in [2.75, 3.05) is 0 Å². The number of aliphatic imine (C=N–C) groups is 1. The van der Waals surface area contributed by atoms with E-state index < -0.39 is 23.6 Å². The average Bonchev–Trinajstić information content (AvgIpc) is 2.75. The van der Waals surface area contributed by atoms with Crippen LogP contribution in [-0.2, 0) is 4.79 Å². The number of hydrogen-bond acceptors (Lipinski definition) is 4. The first kappa shape index (κ1) is 26.8. The van der Waals surface area contributed by atoms with Crippen molar-refractivity contribution in [2.45, 2.75) is 58.9 Å². The summed E-state index contributed by atoms with van der Waals surface area (Å²) in [5, 5.41) is 6.43. The van der Waals surface area contributed by atoms with E-state index in [1.807, 2.05) is 13.0 Å². The Labute approximate surface area is 200 Å². The number of benzene rings is 1. The Hall–Kier alpha value is -3.48. The maximum atomic E-state index is 13.7.